The van der Waals surface area contributed by atoms with Crippen molar-refractivity contribution in [2.24, 2.45) is 0 Å². The van der Waals surface area contributed by atoms with E-state index in [1.54, 1.807) is 17.0 Å². The molecule has 0 fully saturated rings. The minimum atomic E-state index is -0.711. The Morgan fingerprint density at radius 2 is 1.93 bits per heavy atom. The fourth-order valence-electron chi connectivity index (χ4n) is 3.64. The third-order valence-electron chi connectivity index (χ3n) is 4.80. The van der Waals surface area contributed by atoms with E-state index in [1.807, 2.05) is 45.0 Å². The Morgan fingerprint density at radius 1 is 1.20 bits per heavy atom. The second kappa shape index (κ2) is 8.24. The molecule has 1 aliphatic rings. The Hall–Kier alpha value is -2.64. The Labute approximate surface area is 184 Å². The molecular formula is C22H21ClN4O2S. The lowest BCUT2D eigenvalue weighted by Crippen LogP contribution is -2.36. The predicted molar refractivity (Wildman–Crippen MR) is 119 cm³/mol. The zero-order chi connectivity index (χ0) is 21.4. The van der Waals surface area contributed by atoms with Crippen molar-refractivity contribution >= 4 is 35.0 Å². The highest BCUT2D eigenvalue weighted by Crippen LogP contribution is 2.45. The van der Waals surface area contributed by atoms with E-state index < -0.39 is 6.23 Å². The SMILES string of the molecule is CCSc1nnc2c(n1)O[C@H](c1ccc(Cl)cc1)N(C(C)=O)c1c(C)cc(C)cc1-2. The van der Waals surface area contributed by atoms with Gasteiger partial charge in [0.25, 0.3) is 0 Å². The predicted octanol–water partition coefficient (Wildman–Crippen LogP) is 5.36. The summed E-state index contributed by atoms with van der Waals surface area (Å²) in [5.74, 6) is 1.03. The van der Waals surface area contributed by atoms with Gasteiger partial charge in [0.1, 0.15) is 0 Å². The molecule has 1 atom stereocenters. The summed E-state index contributed by atoms with van der Waals surface area (Å²) in [5.41, 5.74) is 4.85. The standard InChI is InChI=1S/C22H21ClN4O2S/c1-5-30-22-24-20-18(25-26-22)17-11-12(2)10-13(3)19(17)27(14(4)28)21(29-20)15-6-8-16(23)9-7-15/h6-11,21H,5H2,1-4H3/t21-/m1/s1. The highest BCUT2D eigenvalue weighted by Gasteiger charge is 2.35. The number of amides is 1. The lowest BCUT2D eigenvalue weighted by atomic mass is 10.00. The first-order valence-corrected chi connectivity index (χ1v) is 11.0. The smallest absolute Gasteiger partial charge is 0.247 e. The van der Waals surface area contributed by atoms with Gasteiger partial charge in [-0.3, -0.25) is 9.69 Å². The largest absolute Gasteiger partial charge is 0.447 e. The third-order valence-corrected chi connectivity index (χ3v) is 5.77. The second-order valence-electron chi connectivity index (χ2n) is 7.07. The van der Waals surface area contributed by atoms with Gasteiger partial charge in [-0.25, -0.2) is 0 Å². The van der Waals surface area contributed by atoms with Gasteiger partial charge < -0.3 is 4.74 Å². The van der Waals surface area contributed by atoms with Crippen molar-refractivity contribution in [1.29, 1.82) is 0 Å². The average molecular weight is 441 g/mol. The molecule has 2 heterocycles. The molecule has 0 radical (unpaired) electrons. The molecule has 0 saturated carbocycles. The number of nitrogens with zero attached hydrogens (tertiary/aromatic N) is 4. The number of aromatic nitrogens is 3. The van der Waals surface area contributed by atoms with Crippen molar-refractivity contribution in [3.8, 4) is 17.1 Å². The summed E-state index contributed by atoms with van der Waals surface area (Å²) in [5, 5.41) is 9.85. The Balaban J connectivity index is 2.00. The number of anilines is 1. The maximum atomic E-state index is 12.9. The van der Waals surface area contributed by atoms with Gasteiger partial charge in [-0.15, -0.1) is 10.2 Å². The second-order valence-corrected chi connectivity index (χ2v) is 8.74. The molecule has 1 amide bonds. The first kappa shape index (κ1) is 20.6. The molecule has 1 aromatic heterocycles. The van der Waals surface area contributed by atoms with Crippen LogP contribution in [0.1, 0.15) is 36.8 Å². The van der Waals surface area contributed by atoms with E-state index in [1.165, 1.54) is 18.7 Å². The molecule has 0 bridgehead atoms. The number of halogens is 1. The first-order chi connectivity index (χ1) is 14.4. The monoisotopic (exact) mass is 440 g/mol. The summed E-state index contributed by atoms with van der Waals surface area (Å²) in [7, 11) is 0. The van der Waals surface area contributed by atoms with Gasteiger partial charge in [0.15, 0.2) is 5.69 Å². The van der Waals surface area contributed by atoms with Crippen LogP contribution in [0.2, 0.25) is 5.02 Å². The number of hydrogen-bond donors (Lipinski definition) is 0. The molecule has 1 aliphatic heterocycles. The Kier molecular flexibility index (Phi) is 5.66. The van der Waals surface area contributed by atoms with Crippen molar-refractivity contribution in [3.05, 3.63) is 58.1 Å². The molecule has 6 nitrogen and oxygen atoms in total. The van der Waals surface area contributed by atoms with Crippen LogP contribution in [-0.4, -0.2) is 26.8 Å². The van der Waals surface area contributed by atoms with E-state index in [0.717, 1.165) is 33.7 Å². The normalized spacial score (nSPS) is 15.1. The topological polar surface area (TPSA) is 68.2 Å². The number of benzene rings is 2. The van der Waals surface area contributed by atoms with Crippen molar-refractivity contribution in [2.45, 2.75) is 39.1 Å². The quantitative estimate of drug-likeness (QED) is 0.510. The summed E-state index contributed by atoms with van der Waals surface area (Å²) in [4.78, 5) is 19.1. The molecule has 0 N–H and O–H groups in total. The molecule has 0 aliphatic carbocycles. The number of aryl methyl sites for hydroxylation is 2. The third kappa shape index (κ3) is 3.75. The Bertz CT molecular complexity index is 1120. The first-order valence-electron chi connectivity index (χ1n) is 9.60. The lowest BCUT2D eigenvalue weighted by molar-refractivity contribution is -0.118. The fourth-order valence-corrected chi connectivity index (χ4v) is 4.27. The highest BCUT2D eigenvalue weighted by molar-refractivity contribution is 7.99. The summed E-state index contributed by atoms with van der Waals surface area (Å²) in [6.07, 6.45) is -0.711. The van der Waals surface area contributed by atoms with Crippen LogP contribution < -0.4 is 9.64 Å². The van der Waals surface area contributed by atoms with Crippen molar-refractivity contribution < 1.29 is 9.53 Å². The van der Waals surface area contributed by atoms with Gasteiger partial charge in [0.05, 0.1) is 5.69 Å². The van der Waals surface area contributed by atoms with Crippen LogP contribution in [0.5, 0.6) is 5.88 Å². The Morgan fingerprint density at radius 3 is 2.60 bits per heavy atom. The highest BCUT2D eigenvalue weighted by atomic mass is 35.5. The number of fused-ring (bicyclic) bond motifs is 3. The van der Waals surface area contributed by atoms with Gasteiger partial charge in [0.2, 0.25) is 23.2 Å². The van der Waals surface area contributed by atoms with Crippen LogP contribution >= 0.6 is 23.4 Å². The van der Waals surface area contributed by atoms with Gasteiger partial charge in [-0.05, 0) is 43.4 Å². The average Bonchev–Trinajstić information content (AvgIpc) is 2.83. The molecule has 2 aromatic carbocycles. The maximum Gasteiger partial charge on any atom is 0.247 e. The van der Waals surface area contributed by atoms with E-state index in [-0.39, 0.29) is 5.91 Å². The van der Waals surface area contributed by atoms with E-state index in [0.29, 0.717) is 21.8 Å². The van der Waals surface area contributed by atoms with E-state index >= 15 is 0 Å². The zero-order valence-electron chi connectivity index (χ0n) is 17.1. The molecule has 0 spiro atoms. The van der Waals surface area contributed by atoms with Gasteiger partial charge >= 0.3 is 0 Å². The van der Waals surface area contributed by atoms with Gasteiger partial charge in [-0.1, -0.05) is 54.0 Å². The number of rotatable bonds is 3. The van der Waals surface area contributed by atoms with E-state index in [2.05, 4.69) is 15.2 Å². The van der Waals surface area contributed by atoms with E-state index in [4.69, 9.17) is 16.3 Å². The number of hydrogen-bond acceptors (Lipinski definition) is 6. The number of thioether (sulfide) groups is 1. The maximum absolute atomic E-state index is 12.9. The van der Waals surface area contributed by atoms with Crippen LogP contribution in [0.15, 0.2) is 41.6 Å². The summed E-state index contributed by atoms with van der Waals surface area (Å²) < 4.78 is 6.36. The number of carbonyl (C=O) groups excluding carboxylic acids is 1. The van der Waals surface area contributed by atoms with Crippen LogP contribution in [0.25, 0.3) is 11.3 Å². The summed E-state index contributed by atoms with van der Waals surface area (Å²) in [6, 6.07) is 11.3. The lowest BCUT2D eigenvalue weighted by Gasteiger charge is -2.31. The molecule has 0 unspecified atom stereocenters. The number of carbonyl (C=O) groups is 1. The van der Waals surface area contributed by atoms with Gasteiger partial charge in [0, 0.05) is 23.1 Å². The van der Waals surface area contributed by atoms with Crippen LogP contribution in [-0.2, 0) is 4.79 Å². The fraction of sp³-hybridized carbons (Fsp3) is 0.273. The molecule has 154 valence electrons. The van der Waals surface area contributed by atoms with Crippen molar-refractivity contribution in [2.75, 3.05) is 10.7 Å². The van der Waals surface area contributed by atoms with Crippen LogP contribution in [0, 0.1) is 13.8 Å². The molecule has 8 heteroatoms. The summed E-state index contributed by atoms with van der Waals surface area (Å²) >= 11 is 7.57. The van der Waals surface area contributed by atoms with Crippen molar-refractivity contribution in [3.63, 3.8) is 0 Å². The molecule has 30 heavy (non-hydrogen) atoms. The van der Waals surface area contributed by atoms with Crippen molar-refractivity contribution in [1.82, 2.24) is 15.2 Å². The number of ether oxygens (including phenoxy) is 1. The summed E-state index contributed by atoms with van der Waals surface area (Å²) in [6.45, 7) is 7.54. The molecule has 3 aromatic rings. The minimum Gasteiger partial charge on any atom is -0.447 e. The molecule has 4 rings (SSSR count). The van der Waals surface area contributed by atoms with Crippen LogP contribution in [0.3, 0.4) is 0 Å². The minimum absolute atomic E-state index is 0.146. The molecular weight excluding hydrogens is 420 g/mol. The molecule has 0 saturated heterocycles. The van der Waals surface area contributed by atoms with Gasteiger partial charge in [-0.2, -0.15) is 4.98 Å². The zero-order valence-corrected chi connectivity index (χ0v) is 18.7. The van der Waals surface area contributed by atoms with E-state index in [9.17, 15) is 4.79 Å². The van der Waals surface area contributed by atoms with Crippen LogP contribution in [0.4, 0.5) is 5.69 Å².